The molecule has 0 saturated carbocycles. The fourth-order valence-electron chi connectivity index (χ4n) is 1.53. The Kier molecular flexibility index (Phi) is 5.10. The van der Waals surface area contributed by atoms with Crippen molar-refractivity contribution in [2.24, 2.45) is 10.9 Å². The van der Waals surface area contributed by atoms with Crippen LogP contribution < -0.4 is 5.73 Å². The van der Waals surface area contributed by atoms with Gasteiger partial charge in [-0.3, -0.25) is 9.78 Å². The van der Waals surface area contributed by atoms with E-state index >= 15 is 0 Å². The van der Waals surface area contributed by atoms with Crippen LogP contribution in [0.25, 0.3) is 0 Å². The molecule has 1 aromatic rings. The van der Waals surface area contributed by atoms with Gasteiger partial charge in [-0.05, 0) is 25.5 Å². The molecule has 3 N–H and O–H groups in total. The van der Waals surface area contributed by atoms with Crippen molar-refractivity contribution < 1.29 is 10.0 Å². The van der Waals surface area contributed by atoms with E-state index in [1.807, 2.05) is 13.8 Å². The normalized spacial score (nSPS) is 11.3. The number of rotatable bonds is 5. The van der Waals surface area contributed by atoms with Gasteiger partial charge in [-0.15, -0.1) is 0 Å². The van der Waals surface area contributed by atoms with Crippen molar-refractivity contribution in [3.8, 4) is 0 Å². The van der Waals surface area contributed by atoms with Gasteiger partial charge in [0.2, 0.25) is 0 Å². The van der Waals surface area contributed by atoms with Crippen LogP contribution in [-0.4, -0.2) is 39.9 Å². The zero-order valence-corrected chi connectivity index (χ0v) is 10.6. The second-order valence-corrected chi connectivity index (χ2v) is 4.01. The van der Waals surface area contributed by atoms with E-state index in [-0.39, 0.29) is 18.3 Å². The van der Waals surface area contributed by atoms with Crippen molar-refractivity contribution in [3.05, 3.63) is 29.6 Å². The monoisotopic (exact) mass is 250 g/mol. The summed E-state index contributed by atoms with van der Waals surface area (Å²) >= 11 is 0. The molecule has 0 aliphatic carbocycles. The number of amidine groups is 1. The Morgan fingerprint density at radius 3 is 2.78 bits per heavy atom. The molecule has 0 fully saturated rings. The van der Waals surface area contributed by atoms with Gasteiger partial charge in [0.25, 0.3) is 5.91 Å². The predicted octanol–water partition coefficient (Wildman–Crippen LogP) is 0.989. The second kappa shape index (κ2) is 6.58. The summed E-state index contributed by atoms with van der Waals surface area (Å²) in [6.07, 6.45) is 2.33. The summed E-state index contributed by atoms with van der Waals surface area (Å²) in [7, 11) is 0. The third kappa shape index (κ3) is 3.73. The molecule has 0 aromatic carbocycles. The maximum absolute atomic E-state index is 12.2. The molecule has 1 heterocycles. The van der Waals surface area contributed by atoms with Gasteiger partial charge in [0, 0.05) is 18.4 Å². The largest absolute Gasteiger partial charge is 0.409 e. The van der Waals surface area contributed by atoms with Crippen LogP contribution in [0.3, 0.4) is 0 Å². The van der Waals surface area contributed by atoms with Crippen molar-refractivity contribution in [1.82, 2.24) is 9.88 Å². The molecule has 0 saturated heterocycles. The first-order chi connectivity index (χ1) is 8.58. The van der Waals surface area contributed by atoms with Crippen LogP contribution in [0.4, 0.5) is 0 Å². The molecule has 6 heteroatoms. The van der Waals surface area contributed by atoms with Gasteiger partial charge < -0.3 is 15.8 Å². The highest BCUT2D eigenvalue weighted by molar-refractivity contribution is 5.96. The number of hydrogen-bond donors (Lipinski definition) is 2. The molecule has 0 spiro atoms. The van der Waals surface area contributed by atoms with E-state index in [0.717, 1.165) is 12.1 Å². The van der Waals surface area contributed by atoms with Crippen molar-refractivity contribution in [2.45, 2.75) is 20.3 Å². The summed E-state index contributed by atoms with van der Waals surface area (Å²) in [5.41, 5.74) is 6.79. The van der Waals surface area contributed by atoms with Crippen molar-refractivity contribution in [1.29, 1.82) is 0 Å². The van der Waals surface area contributed by atoms with E-state index in [2.05, 4.69) is 10.1 Å². The first-order valence-corrected chi connectivity index (χ1v) is 5.76. The number of hydrogen-bond acceptors (Lipinski definition) is 4. The Labute approximate surface area is 106 Å². The van der Waals surface area contributed by atoms with Gasteiger partial charge in [-0.25, -0.2) is 0 Å². The Hall–Kier alpha value is -2.11. The maximum Gasteiger partial charge on any atom is 0.255 e. The van der Waals surface area contributed by atoms with Crippen LogP contribution in [0.2, 0.25) is 0 Å². The van der Waals surface area contributed by atoms with Gasteiger partial charge in [-0.2, -0.15) is 0 Å². The van der Waals surface area contributed by atoms with Gasteiger partial charge in [-0.1, -0.05) is 12.1 Å². The fourth-order valence-corrected chi connectivity index (χ4v) is 1.53. The third-order valence-electron chi connectivity index (χ3n) is 2.42. The molecule has 98 valence electrons. The summed E-state index contributed by atoms with van der Waals surface area (Å²) in [6.45, 7) is 4.47. The van der Waals surface area contributed by atoms with Crippen molar-refractivity contribution in [2.75, 3.05) is 13.1 Å². The Bertz CT molecular complexity index is 428. The van der Waals surface area contributed by atoms with E-state index in [0.29, 0.717) is 12.1 Å². The Balaban J connectivity index is 2.85. The van der Waals surface area contributed by atoms with Gasteiger partial charge in [0.15, 0.2) is 5.84 Å². The quantitative estimate of drug-likeness (QED) is 0.353. The van der Waals surface area contributed by atoms with Crippen molar-refractivity contribution >= 4 is 11.7 Å². The first-order valence-electron chi connectivity index (χ1n) is 5.76. The summed E-state index contributed by atoms with van der Waals surface area (Å²) in [5, 5.41) is 11.4. The maximum atomic E-state index is 12.2. The van der Waals surface area contributed by atoms with Gasteiger partial charge in [0.1, 0.15) is 0 Å². The molecule has 0 radical (unpaired) electrons. The highest BCUT2D eigenvalue weighted by atomic mass is 16.4. The topological polar surface area (TPSA) is 91.8 Å². The summed E-state index contributed by atoms with van der Waals surface area (Å²) in [5.74, 6) is -0.159. The number of carbonyl (C=O) groups is 1. The molecular weight excluding hydrogens is 232 g/mol. The van der Waals surface area contributed by atoms with E-state index in [1.165, 1.54) is 11.1 Å². The van der Waals surface area contributed by atoms with Crippen molar-refractivity contribution in [3.63, 3.8) is 0 Å². The van der Waals surface area contributed by atoms with Crippen LogP contribution >= 0.6 is 0 Å². The average molecular weight is 250 g/mol. The van der Waals surface area contributed by atoms with E-state index < -0.39 is 0 Å². The number of amides is 1. The molecule has 18 heavy (non-hydrogen) atoms. The van der Waals surface area contributed by atoms with Crippen LogP contribution in [0.5, 0.6) is 0 Å². The van der Waals surface area contributed by atoms with E-state index in [4.69, 9.17) is 10.9 Å². The molecule has 0 aliphatic heterocycles. The molecular formula is C12H18N4O2. The van der Waals surface area contributed by atoms with E-state index in [9.17, 15) is 4.79 Å². The molecule has 0 unspecified atom stereocenters. The Morgan fingerprint density at radius 1 is 1.56 bits per heavy atom. The smallest absolute Gasteiger partial charge is 0.255 e. The number of aromatic nitrogens is 1. The van der Waals surface area contributed by atoms with Gasteiger partial charge in [0.05, 0.1) is 12.1 Å². The number of carbonyl (C=O) groups excluding carboxylic acids is 1. The number of aryl methyl sites for hydroxylation is 1. The Morgan fingerprint density at radius 2 is 2.28 bits per heavy atom. The third-order valence-corrected chi connectivity index (χ3v) is 2.42. The summed E-state index contributed by atoms with van der Waals surface area (Å²) in [6, 6.07) is 3.50. The lowest BCUT2D eigenvalue weighted by molar-refractivity contribution is 0.0778. The van der Waals surface area contributed by atoms with Crippen LogP contribution in [0, 0.1) is 6.92 Å². The molecule has 1 rings (SSSR count). The highest BCUT2D eigenvalue weighted by Crippen LogP contribution is 2.05. The summed E-state index contributed by atoms with van der Waals surface area (Å²) < 4.78 is 0. The number of nitrogens with two attached hydrogens (primary N) is 1. The van der Waals surface area contributed by atoms with E-state index in [1.54, 1.807) is 12.1 Å². The minimum absolute atomic E-state index is 0.0110. The lowest BCUT2D eigenvalue weighted by Gasteiger charge is -2.21. The van der Waals surface area contributed by atoms with Crippen LogP contribution in [0.1, 0.15) is 29.4 Å². The number of pyridine rings is 1. The molecule has 6 nitrogen and oxygen atoms in total. The predicted molar refractivity (Wildman–Crippen MR) is 68.6 cm³/mol. The minimum atomic E-state index is -0.170. The number of nitrogens with zero attached hydrogens (tertiary/aromatic N) is 3. The van der Waals surface area contributed by atoms with Crippen LogP contribution in [-0.2, 0) is 0 Å². The molecule has 0 atom stereocenters. The standard InChI is InChI=1S/C12H18N4O2/c1-3-6-16(8-11(13)15-18)12(17)10-5-4-9(2)14-7-10/h4-5,7,18H,3,6,8H2,1-2H3,(H2,13,15). The fraction of sp³-hybridized carbons (Fsp3) is 0.417. The van der Waals surface area contributed by atoms with Gasteiger partial charge >= 0.3 is 0 Å². The average Bonchev–Trinajstić information content (AvgIpc) is 2.38. The molecule has 0 aliphatic rings. The number of oxime groups is 1. The second-order valence-electron chi connectivity index (χ2n) is 4.01. The molecule has 1 amide bonds. The SMILES string of the molecule is CCCN(CC(N)=NO)C(=O)c1ccc(C)nc1. The molecule has 0 bridgehead atoms. The minimum Gasteiger partial charge on any atom is -0.409 e. The first kappa shape index (κ1) is 14.0. The summed E-state index contributed by atoms with van der Waals surface area (Å²) in [4.78, 5) is 17.8. The lowest BCUT2D eigenvalue weighted by Crippen LogP contribution is -2.39. The molecule has 1 aromatic heterocycles. The zero-order chi connectivity index (χ0) is 13.5. The lowest BCUT2D eigenvalue weighted by atomic mass is 10.2. The van der Waals surface area contributed by atoms with Crippen LogP contribution in [0.15, 0.2) is 23.5 Å². The zero-order valence-electron chi connectivity index (χ0n) is 10.6. The highest BCUT2D eigenvalue weighted by Gasteiger charge is 2.16.